The first-order chi connectivity index (χ1) is 13.2. The van der Waals surface area contributed by atoms with Gasteiger partial charge < -0.3 is 19.8 Å². The van der Waals surface area contributed by atoms with Crippen LogP contribution in [0, 0.1) is 0 Å². The summed E-state index contributed by atoms with van der Waals surface area (Å²) < 4.78 is 12.7. The molecule has 2 aromatic carbocycles. The number of hydrogen-bond donors (Lipinski definition) is 2. The predicted molar refractivity (Wildman–Crippen MR) is 101 cm³/mol. The van der Waals surface area contributed by atoms with E-state index in [0.717, 1.165) is 22.3 Å². The van der Waals surface area contributed by atoms with Gasteiger partial charge in [-0.1, -0.05) is 18.2 Å². The molecule has 3 aromatic rings. The Morgan fingerprint density at radius 2 is 1.93 bits per heavy atom. The molecule has 0 bridgehead atoms. The highest BCUT2D eigenvalue weighted by Crippen LogP contribution is 2.30. The van der Waals surface area contributed by atoms with E-state index in [1.54, 1.807) is 4.57 Å². The van der Waals surface area contributed by atoms with Crippen molar-refractivity contribution < 1.29 is 14.3 Å². The van der Waals surface area contributed by atoms with Gasteiger partial charge in [0.25, 0.3) is 0 Å². The molecule has 0 fully saturated rings. The van der Waals surface area contributed by atoms with Crippen LogP contribution in [0.5, 0.6) is 11.5 Å². The number of fused-ring (bicyclic) bond motifs is 2. The average molecular weight is 367 g/mol. The van der Waals surface area contributed by atoms with Gasteiger partial charge in [0.2, 0.25) is 5.91 Å². The Morgan fingerprint density at radius 3 is 2.81 bits per heavy atom. The van der Waals surface area contributed by atoms with Crippen LogP contribution in [0.2, 0.25) is 0 Å². The third kappa shape index (κ3) is 3.81. The van der Waals surface area contributed by atoms with Crippen molar-refractivity contribution in [3.8, 4) is 11.5 Å². The Labute approximate surface area is 155 Å². The maximum absolute atomic E-state index is 12.2. The summed E-state index contributed by atoms with van der Waals surface area (Å²) in [4.78, 5) is 27.0. The minimum Gasteiger partial charge on any atom is -0.486 e. The molecule has 140 valence electrons. The van der Waals surface area contributed by atoms with Crippen molar-refractivity contribution in [3.05, 3.63) is 58.5 Å². The molecule has 0 atom stereocenters. The summed E-state index contributed by atoms with van der Waals surface area (Å²) >= 11 is 0. The lowest BCUT2D eigenvalue weighted by atomic mass is 10.1. The van der Waals surface area contributed by atoms with Gasteiger partial charge >= 0.3 is 5.69 Å². The molecular formula is C20H21N3O4. The van der Waals surface area contributed by atoms with Crippen LogP contribution >= 0.6 is 0 Å². The Morgan fingerprint density at radius 1 is 1.11 bits per heavy atom. The maximum atomic E-state index is 12.2. The zero-order valence-electron chi connectivity index (χ0n) is 14.9. The summed E-state index contributed by atoms with van der Waals surface area (Å²) in [5.74, 6) is 1.35. The second kappa shape index (κ2) is 7.57. The van der Waals surface area contributed by atoms with Crippen LogP contribution in [0.15, 0.2) is 47.3 Å². The molecule has 0 saturated carbocycles. The minimum absolute atomic E-state index is 0.0575. The SMILES string of the molecule is O=C(Cc1ccc2c(c1)OCCO2)NCCCn1c(=O)[nH]c2ccccc21. The molecule has 1 amide bonds. The Kier molecular flexibility index (Phi) is 4.82. The number of benzene rings is 2. The monoisotopic (exact) mass is 367 g/mol. The minimum atomic E-state index is -0.126. The van der Waals surface area contributed by atoms with E-state index in [1.807, 2.05) is 42.5 Å². The van der Waals surface area contributed by atoms with E-state index in [9.17, 15) is 9.59 Å². The highest BCUT2D eigenvalue weighted by Gasteiger charge is 2.13. The summed E-state index contributed by atoms with van der Waals surface area (Å²) in [7, 11) is 0. The first-order valence-corrected chi connectivity index (χ1v) is 9.03. The van der Waals surface area contributed by atoms with Crippen LogP contribution in [0.25, 0.3) is 11.0 Å². The van der Waals surface area contributed by atoms with E-state index in [2.05, 4.69) is 10.3 Å². The first-order valence-electron chi connectivity index (χ1n) is 9.03. The topological polar surface area (TPSA) is 85.3 Å². The smallest absolute Gasteiger partial charge is 0.326 e. The normalized spacial score (nSPS) is 12.9. The number of H-pyrrole nitrogens is 1. The van der Waals surface area contributed by atoms with E-state index in [0.29, 0.717) is 38.5 Å². The van der Waals surface area contributed by atoms with E-state index in [1.165, 1.54) is 0 Å². The number of para-hydroxylation sites is 2. The summed E-state index contributed by atoms with van der Waals surface area (Å²) in [6.45, 7) is 2.13. The van der Waals surface area contributed by atoms with Gasteiger partial charge in [-0.15, -0.1) is 0 Å². The fraction of sp³-hybridized carbons (Fsp3) is 0.300. The van der Waals surface area contributed by atoms with Gasteiger partial charge in [-0.05, 0) is 36.2 Å². The van der Waals surface area contributed by atoms with Crippen molar-refractivity contribution in [1.29, 1.82) is 0 Å². The third-order valence-electron chi connectivity index (χ3n) is 4.53. The molecule has 0 spiro atoms. The highest BCUT2D eigenvalue weighted by molar-refractivity contribution is 5.78. The number of nitrogens with one attached hydrogen (secondary N) is 2. The Bertz CT molecular complexity index is 1020. The predicted octanol–water partition coefficient (Wildman–Crippen LogP) is 1.85. The molecule has 2 N–H and O–H groups in total. The molecule has 27 heavy (non-hydrogen) atoms. The zero-order valence-corrected chi connectivity index (χ0v) is 14.9. The second-order valence-electron chi connectivity index (χ2n) is 6.46. The highest BCUT2D eigenvalue weighted by atomic mass is 16.6. The van der Waals surface area contributed by atoms with Crippen LogP contribution in [0.1, 0.15) is 12.0 Å². The molecule has 1 aromatic heterocycles. The standard InChI is InChI=1S/C20H21N3O4/c24-19(13-14-6-7-17-18(12-14)27-11-10-26-17)21-8-3-9-23-16-5-2-1-4-15(16)22-20(23)25/h1-2,4-7,12H,3,8-11,13H2,(H,21,24)(H,22,25). The number of imidazole rings is 1. The summed E-state index contributed by atoms with van der Waals surface area (Å²) in [6, 6.07) is 13.1. The number of ether oxygens (including phenoxy) is 2. The van der Waals surface area contributed by atoms with Gasteiger partial charge in [0.1, 0.15) is 13.2 Å². The van der Waals surface area contributed by atoms with Crippen LogP contribution < -0.4 is 20.5 Å². The fourth-order valence-electron chi connectivity index (χ4n) is 3.24. The molecule has 7 heteroatoms. The third-order valence-corrected chi connectivity index (χ3v) is 4.53. The first kappa shape index (κ1) is 17.2. The van der Waals surface area contributed by atoms with Crippen LogP contribution in [-0.2, 0) is 17.8 Å². The van der Waals surface area contributed by atoms with Gasteiger partial charge in [-0.25, -0.2) is 4.79 Å². The molecule has 0 saturated heterocycles. The summed E-state index contributed by atoms with van der Waals surface area (Å²) in [6.07, 6.45) is 0.957. The van der Waals surface area contributed by atoms with E-state index in [-0.39, 0.29) is 18.0 Å². The molecule has 7 nitrogen and oxygen atoms in total. The van der Waals surface area contributed by atoms with Crippen LogP contribution in [0.4, 0.5) is 0 Å². The van der Waals surface area contributed by atoms with Crippen molar-refractivity contribution in [3.63, 3.8) is 0 Å². The number of aromatic nitrogens is 2. The lowest BCUT2D eigenvalue weighted by Crippen LogP contribution is -2.28. The average Bonchev–Trinajstić information content (AvgIpc) is 3.00. The molecular weight excluding hydrogens is 346 g/mol. The van der Waals surface area contributed by atoms with Crippen molar-refractivity contribution in [2.75, 3.05) is 19.8 Å². The van der Waals surface area contributed by atoms with Gasteiger partial charge in [0.05, 0.1) is 17.5 Å². The number of amides is 1. The van der Waals surface area contributed by atoms with Crippen LogP contribution in [0.3, 0.4) is 0 Å². The molecule has 0 radical (unpaired) electrons. The fourth-order valence-corrected chi connectivity index (χ4v) is 3.24. The van der Waals surface area contributed by atoms with E-state index in [4.69, 9.17) is 9.47 Å². The van der Waals surface area contributed by atoms with Gasteiger partial charge in [-0.3, -0.25) is 9.36 Å². The van der Waals surface area contributed by atoms with E-state index < -0.39 is 0 Å². The number of rotatable bonds is 6. The largest absolute Gasteiger partial charge is 0.486 e. The molecule has 2 heterocycles. The zero-order chi connectivity index (χ0) is 18.6. The molecule has 0 unspecified atom stereocenters. The number of hydrogen-bond acceptors (Lipinski definition) is 4. The molecule has 1 aliphatic heterocycles. The Balaban J connectivity index is 1.28. The van der Waals surface area contributed by atoms with Crippen molar-refractivity contribution in [2.24, 2.45) is 0 Å². The van der Waals surface area contributed by atoms with Gasteiger partial charge in [0, 0.05) is 13.1 Å². The quantitative estimate of drug-likeness (QED) is 0.651. The molecule has 0 aliphatic carbocycles. The number of carbonyl (C=O) groups excluding carboxylic acids is 1. The summed E-state index contributed by atoms with van der Waals surface area (Å²) in [5.41, 5.74) is 2.46. The molecule has 1 aliphatic rings. The lowest BCUT2D eigenvalue weighted by Gasteiger charge is -2.18. The number of carbonyl (C=O) groups is 1. The molecule has 4 rings (SSSR count). The number of aromatic amines is 1. The lowest BCUT2D eigenvalue weighted by molar-refractivity contribution is -0.120. The van der Waals surface area contributed by atoms with Gasteiger partial charge in [0.15, 0.2) is 11.5 Å². The Hall–Kier alpha value is -3.22. The van der Waals surface area contributed by atoms with Crippen LogP contribution in [-0.4, -0.2) is 35.2 Å². The van der Waals surface area contributed by atoms with E-state index >= 15 is 0 Å². The second-order valence-corrected chi connectivity index (χ2v) is 6.46. The van der Waals surface area contributed by atoms with Crippen molar-refractivity contribution in [1.82, 2.24) is 14.9 Å². The maximum Gasteiger partial charge on any atom is 0.326 e. The van der Waals surface area contributed by atoms with Crippen molar-refractivity contribution in [2.45, 2.75) is 19.4 Å². The summed E-state index contributed by atoms with van der Waals surface area (Å²) in [5, 5.41) is 2.90. The van der Waals surface area contributed by atoms with Gasteiger partial charge in [-0.2, -0.15) is 0 Å². The number of aryl methyl sites for hydroxylation is 1. The van der Waals surface area contributed by atoms with Crippen molar-refractivity contribution >= 4 is 16.9 Å². The number of nitrogens with zero attached hydrogens (tertiary/aromatic N) is 1.